The lowest BCUT2D eigenvalue weighted by Gasteiger charge is -2.12. The van der Waals surface area contributed by atoms with Gasteiger partial charge in [0.15, 0.2) is 0 Å². The largest absolute Gasteiger partial charge is 0.347 e. The molecule has 5 heteroatoms. The molecule has 2 N–H and O–H groups in total. The average molecular weight is 346 g/mol. The lowest BCUT2D eigenvalue weighted by molar-refractivity contribution is 0.0945. The number of benzene rings is 2. The molecule has 1 amide bonds. The van der Waals surface area contributed by atoms with Gasteiger partial charge in [-0.3, -0.25) is 4.79 Å². The van der Waals surface area contributed by atoms with Crippen LogP contribution >= 0.6 is 0 Å². The summed E-state index contributed by atoms with van der Waals surface area (Å²) in [5, 5.41) is 6.19. The van der Waals surface area contributed by atoms with Crippen LogP contribution in [0.5, 0.6) is 0 Å². The monoisotopic (exact) mass is 346 g/mol. The van der Waals surface area contributed by atoms with Crippen molar-refractivity contribution in [3.05, 3.63) is 82.8 Å². The van der Waals surface area contributed by atoms with Gasteiger partial charge in [0.2, 0.25) is 0 Å². The van der Waals surface area contributed by atoms with E-state index in [4.69, 9.17) is 0 Å². The van der Waals surface area contributed by atoms with Gasteiger partial charge in [-0.25, -0.2) is 9.97 Å². The summed E-state index contributed by atoms with van der Waals surface area (Å²) in [4.78, 5) is 21.1. The highest BCUT2D eigenvalue weighted by Gasteiger charge is 2.11. The van der Waals surface area contributed by atoms with Crippen LogP contribution in [-0.4, -0.2) is 15.9 Å². The molecule has 0 aliphatic heterocycles. The van der Waals surface area contributed by atoms with Gasteiger partial charge in [-0.1, -0.05) is 42.5 Å². The third-order valence-electron chi connectivity index (χ3n) is 4.23. The first kappa shape index (κ1) is 17.6. The van der Waals surface area contributed by atoms with Crippen molar-refractivity contribution in [2.45, 2.75) is 27.3 Å². The number of aromatic nitrogens is 2. The third kappa shape index (κ3) is 4.25. The summed E-state index contributed by atoms with van der Waals surface area (Å²) in [7, 11) is 0. The van der Waals surface area contributed by atoms with Gasteiger partial charge in [-0.2, -0.15) is 0 Å². The Morgan fingerprint density at radius 2 is 1.73 bits per heavy atom. The number of nitrogens with one attached hydrogen (secondary N) is 2. The van der Waals surface area contributed by atoms with E-state index in [0.29, 0.717) is 23.9 Å². The molecule has 1 heterocycles. The Hall–Kier alpha value is -3.21. The molecule has 1 aromatic heterocycles. The first-order chi connectivity index (χ1) is 12.5. The van der Waals surface area contributed by atoms with Crippen LogP contribution in [0, 0.1) is 20.8 Å². The molecule has 0 saturated heterocycles. The fourth-order valence-electron chi connectivity index (χ4n) is 2.64. The summed E-state index contributed by atoms with van der Waals surface area (Å²) < 4.78 is 0. The van der Waals surface area contributed by atoms with Crippen molar-refractivity contribution < 1.29 is 4.79 Å². The van der Waals surface area contributed by atoms with E-state index >= 15 is 0 Å². The second kappa shape index (κ2) is 7.78. The van der Waals surface area contributed by atoms with E-state index in [1.54, 1.807) is 13.0 Å². The summed E-state index contributed by atoms with van der Waals surface area (Å²) in [6, 6.07) is 17.5. The van der Waals surface area contributed by atoms with Crippen molar-refractivity contribution in [3.63, 3.8) is 0 Å². The Morgan fingerprint density at radius 1 is 0.962 bits per heavy atom. The van der Waals surface area contributed by atoms with Gasteiger partial charge >= 0.3 is 0 Å². The number of amides is 1. The van der Waals surface area contributed by atoms with E-state index in [1.807, 2.05) is 42.5 Å². The molecular formula is C21H22N4O. The minimum absolute atomic E-state index is 0.219. The molecule has 5 nitrogen and oxygen atoms in total. The Bertz CT molecular complexity index is 923. The van der Waals surface area contributed by atoms with Gasteiger partial charge in [0, 0.05) is 18.3 Å². The molecule has 0 spiro atoms. The van der Waals surface area contributed by atoms with Crippen molar-refractivity contribution in [2.24, 2.45) is 0 Å². The zero-order chi connectivity index (χ0) is 18.5. The molecule has 0 aliphatic rings. The first-order valence-corrected chi connectivity index (χ1v) is 8.54. The van der Waals surface area contributed by atoms with Crippen LogP contribution in [-0.2, 0) is 6.54 Å². The van der Waals surface area contributed by atoms with Crippen LogP contribution in [0.1, 0.15) is 33.0 Å². The Labute approximate surface area is 153 Å². The smallest absolute Gasteiger partial charge is 0.270 e. The highest BCUT2D eigenvalue weighted by atomic mass is 16.1. The fraction of sp³-hybridized carbons (Fsp3) is 0.190. The molecule has 2 aromatic carbocycles. The summed E-state index contributed by atoms with van der Waals surface area (Å²) in [6.07, 6.45) is 0. The molecule has 0 bridgehead atoms. The minimum atomic E-state index is -0.219. The molecule has 26 heavy (non-hydrogen) atoms. The first-order valence-electron chi connectivity index (χ1n) is 8.54. The van der Waals surface area contributed by atoms with E-state index in [-0.39, 0.29) is 5.91 Å². The lowest BCUT2D eigenvalue weighted by atomic mass is 10.1. The number of hydrogen-bond acceptors (Lipinski definition) is 4. The van der Waals surface area contributed by atoms with Gasteiger partial charge in [0.1, 0.15) is 17.3 Å². The predicted molar refractivity (Wildman–Crippen MR) is 104 cm³/mol. The molecule has 3 aromatic rings. The normalized spacial score (nSPS) is 10.4. The second-order valence-electron chi connectivity index (χ2n) is 6.23. The van der Waals surface area contributed by atoms with E-state index < -0.39 is 0 Å². The second-order valence-corrected chi connectivity index (χ2v) is 6.23. The zero-order valence-electron chi connectivity index (χ0n) is 15.2. The van der Waals surface area contributed by atoms with Gasteiger partial charge in [-0.05, 0) is 43.5 Å². The molecule has 0 atom stereocenters. The fourth-order valence-corrected chi connectivity index (χ4v) is 2.64. The van der Waals surface area contributed by atoms with Crippen molar-refractivity contribution in [1.82, 2.24) is 15.3 Å². The quantitative estimate of drug-likeness (QED) is 0.731. The maximum Gasteiger partial charge on any atom is 0.270 e. The van der Waals surface area contributed by atoms with Crippen LogP contribution < -0.4 is 10.6 Å². The van der Waals surface area contributed by atoms with Crippen molar-refractivity contribution in [1.29, 1.82) is 0 Å². The van der Waals surface area contributed by atoms with Crippen LogP contribution in [0.15, 0.2) is 54.6 Å². The molecule has 0 aliphatic carbocycles. The number of anilines is 2. The van der Waals surface area contributed by atoms with Crippen LogP contribution in [0.2, 0.25) is 0 Å². The summed E-state index contributed by atoms with van der Waals surface area (Å²) in [5.41, 5.74) is 4.71. The van der Waals surface area contributed by atoms with Crippen molar-refractivity contribution >= 4 is 17.4 Å². The van der Waals surface area contributed by atoms with Gasteiger partial charge in [0.05, 0.1) is 0 Å². The summed E-state index contributed by atoms with van der Waals surface area (Å²) in [5.74, 6) is 0.935. The molecule has 0 unspecified atom stereocenters. The highest BCUT2D eigenvalue weighted by molar-refractivity contribution is 5.93. The number of carbonyl (C=O) groups excluding carboxylic acids is 1. The summed E-state index contributed by atoms with van der Waals surface area (Å²) in [6.45, 7) is 6.36. The number of aryl methyl sites for hydroxylation is 2. The van der Waals surface area contributed by atoms with E-state index in [9.17, 15) is 4.79 Å². The molecule has 3 rings (SSSR count). The van der Waals surface area contributed by atoms with Crippen LogP contribution in [0.4, 0.5) is 11.5 Å². The average Bonchev–Trinajstić information content (AvgIpc) is 2.64. The van der Waals surface area contributed by atoms with Crippen molar-refractivity contribution in [2.75, 3.05) is 5.32 Å². The zero-order valence-corrected chi connectivity index (χ0v) is 15.2. The van der Waals surface area contributed by atoms with E-state index in [0.717, 1.165) is 16.8 Å². The topological polar surface area (TPSA) is 66.9 Å². The van der Waals surface area contributed by atoms with Crippen LogP contribution in [0.25, 0.3) is 0 Å². The number of hydrogen-bond donors (Lipinski definition) is 2. The predicted octanol–water partition coefficient (Wildman–Crippen LogP) is 4.08. The summed E-state index contributed by atoms with van der Waals surface area (Å²) >= 11 is 0. The maximum absolute atomic E-state index is 12.5. The number of rotatable bonds is 5. The van der Waals surface area contributed by atoms with Gasteiger partial charge < -0.3 is 10.6 Å². The van der Waals surface area contributed by atoms with E-state index in [1.165, 1.54) is 5.56 Å². The third-order valence-corrected chi connectivity index (χ3v) is 4.23. The highest BCUT2D eigenvalue weighted by Crippen LogP contribution is 2.22. The standard InChI is InChI=1S/C21H22N4O/c1-14-8-7-11-18(15(14)2)25-20-12-19(23-16(3)24-20)21(26)22-13-17-9-5-4-6-10-17/h4-12H,13H2,1-3H3,(H,22,26)(H,23,24,25). The Balaban J connectivity index is 1.76. The number of carbonyl (C=O) groups is 1. The van der Waals surface area contributed by atoms with Crippen LogP contribution in [0.3, 0.4) is 0 Å². The molecular weight excluding hydrogens is 324 g/mol. The minimum Gasteiger partial charge on any atom is -0.347 e. The lowest BCUT2D eigenvalue weighted by Crippen LogP contribution is -2.24. The Morgan fingerprint density at radius 3 is 2.50 bits per heavy atom. The number of nitrogens with zero attached hydrogens (tertiary/aromatic N) is 2. The van der Waals surface area contributed by atoms with E-state index in [2.05, 4.69) is 40.5 Å². The van der Waals surface area contributed by atoms with Gasteiger partial charge in [-0.15, -0.1) is 0 Å². The molecule has 0 fully saturated rings. The SMILES string of the molecule is Cc1nc(Nc2cccc(C)c2C)cc(C(=O)NCc2ccccc2)n1. The molecule has 0 radical (unpaired) electrons. The van der Waals surface area contributed by atoms with Gasteiger partial charge in [0.25, 0.3) is 5.91 Å². The molecule has 0 saturated carbocycles. The molecule has 132 valence electrons. The Kier molecular flexibility index (Phi) is 5.27. The maximum atomic E-state index is 12.5. The van der Waals surface area contributed by atoms with Crippen molar-refractivity contribution in [3.8, 4) is 0 Å².